The van der Waals surface area contributed by atoms with Crippen molar-refractivity contribution in [1.29, 1.82) is 0 Å². The van der Waals surface area contributed by atoms with Gasteiger partial charge in [0.05, 0.1) is 13.7 Å². The molecule has 1 amide bonds. The third-order valence-electron chi connectivity index (χ3n) is 3.15. The second-order valence-electron chi connectivity index (χ2n) is 4.63. The molecule has 0 unspecified atom stereocenters. The average Bonchev–Trinajstić information content (AvgIpc) is 2.40. The van der Waals surface area contributed by atoms with Gasteiger partial charge in [0.25, 0.3) is 0 Å². The SMILES string of the molecule is CCNCC(=O)NCCc1cc(C)c(C)cc1OC. The fraction of sp³-hybridized carbons (Fsp3) is 0.533. The Morgan fingerprint density at radius 2 is 1.95 bits per heavy atom. The first-order chi connectivity index (χ1) is 9.08. The number of ether oxygens (including phenoxy) is 1. The van der Waals surface area contributed by atoms with E-state index < -0.39 is 0 Å². The van der Waals surface area contributed by atoms with Crippen molar-refractivity contribution in [2.24, 2.45) is 0 Å². The Kier molecular flexibility index (Phi) is 6.36. The van der Waals surface area contributed by atoms with Crippen molar-refractivity contribution in [2.45, 2.75) is 27.2 Å². The molecular formula is C15H24N2O2. The highest BCUT2D eigenvalue weighted by atomic mass is 16.5. The quantitative estimate of drug-likeness (QED) is 0.786. The molecule has 0 fully saturated rings. The van der Waals surface area contributed by atoms with Crippen LogP contribution in [0.15, 0.2) is 12.1 Å². The molecule has 0 aliphatic carbocycles. The van der Waals surface area contributed by atoms with E-state index in [2.05, 4.69) is 30.5 Å². The van der Waals surface area contributed by atoms with Crippen molar-refractivity contribution in [3.8, 4) is 5.75 Å². The van der Waals surface area contributed by atoms with Crippen molar-refractivity contribution in [3.05, 3.63) is 28.8 Å². The highest BCUT2D eigenvalue weighted by Crippen LogP contribution is 2.23. The molecule has 0 aliphatic rings. The second kappa shape index (κ2) is 7.79. The van der Waals surface area contributed by atoms with Crippen LogP contribution in [-0.2, 0) is 11.2 Å². The van der Waals surface area contributed by atoms with Gasteiger partial charge < -0.3 is 15.4 Å². The maximum Gasteiger partial charge on any atom is 0.233 e. The molecule has 0 spiro atoms. The Labute approximate surface area is 115 Å². The van der Waals surface area contributed by atoms with Gasteiger partial charge in [0.2, 0.25) is 5.91 Å². The third kappa shape index (κ3) is 4.91. The summed E-state index contributed by atoms with van der Waals surface area (Å²) in [5.74, 6) is 0.925. The van der Waals surface area contributed by atoms with Crippen molar-refractivity contribution in [2.75, 3.05) is 26.7 Å². The molecule has 0 radical (unpaired) electrons. The molecule has 1 rings (SSSR count). The normalized spacial score (nSPS) is 10.3. The molecule has 106 valence electrons. The van der Waals surface area contributed by atoms with Crippen LogP contribution in [0.25, 0.3) is 0 Å². The van der Waals surface area contributed by atoms with Crippen molar-refractivity contribution in [1.82, 2.24) is 10.6 Å². The summed E-state index contributed by atoms with van der Waals surface area (Å²) in [5, 5.41) is 5.89. The zero-order valence-electron chi connectivity index (χ0n) is 12.3. The predicted molar refractivity (Wildman–Crippen MR) is 77.7 cm³/mol. The van der Waals surface area contributed by atoms with Crippen LogP contribution in [0, 0.1) is 13.8 Å². The summed E-state index contributed by atoms with van der Waals surface area (Å²) >= 11 is 0. The minimum atomic E-state index is 0.0321. The van der Waals surface area contributed by atoms with Gasteiger partial charge in [0, 0.05) is 6.54 Å². The maximum atomic E-state index is 11.5. The molecule has 0 saturated carbocycles. The molecule has 0 atom stereocenters. The van der Waals surface area contributed by atoms with E-state index in [0.29, 0.717) is 13.1 Å². The first-order valence-corrected chi connectivity index (χ1v) is 6.70. The van der Waals surface area contributed by atoms with Crippen LogP contribution in [0.3, 0.4) is 0 Å². The number of amides is 1. The molecular weight excluding hydrogens is 240 g/mol. The second-order valence-corrected chi connectivity index (χ2v) is 4.63. The Morgan fingerprint density at radius 1 is 1.26 bits per heavy atom. The lowest BCUT2D eigenvalue weighted by molar-refractivity contribution is -0.120. The van der Waals surface area contributed by atoms with E-state index in [-0.39, 0.29) is 5.91 Å². The summed E-state index contributed by atoms with van der Waals surface area (Å²) in [7, 11) is 1.68. The number of nitrogens with one attached hydrogen (secondary N) is 2. The maximum absolute atomic E-state index is 11.5. The number of likely N-dealkylation sites (N-methyl/N-ethyl adjacent to an activating group) is 1. The van der Waals surface area contributed by atoms with Gasteiger partial charge in [-0.2, -0.15) is 0 Å². The van der Waals surface area contributed by atoms with Gasteiger partial charge >= 0.3 is 0 Å². The molecule has 1 aromatic carbocycles. The Balaban J connectivity index is 2.53. The molecule has 4 nitrogen and oxygen atoms in total. The van der Waals surface area contributed by atoms with Crippen LogP contribution in [0.4, 0.5) is 0 Å². The molecule has 0 aromatic heterocycles. The van der Waals surface area contributed by atoms with Gasteiger partial charge in [-0.3, -0.25) is 4.79 Å². The number of benzene rings is 1. The lowest BCUT2D eigenvalue weighted by atomic mass is 10.0. The highest BCUT2D eigenvalue weighted by Gasteiger charge is 2.06. The number of methoxy groups -OCH3 is 1. The van der Waals surface area contributed by atoms with Crippen LogP contribution in [0.1, 0.15) is 23.6 Å². The monoisotopic (exact) mass is 264 g/mol. The van der Waals surface area contributed by atoms with Crippen LogP contribution in [-0.4, -0.2) is 32.7 Å². The molecule has 4 heteroatoms. The third-order valence-corrected chi connectivity index (χ3v) is 3.15. The minimum absolute atomic E-state index is 0.0321. The smallest absolute Gasteiger partial charge is 0.233 e. The van der Waals surface area contributed by atoms with Crippen LogP contribution in [0.2, 0.25) is 0 Å². The fourth-order valence-corrected chi connectivity index (χ4v) is 1.87. The number of carbonyl (C=O) groups excluding carboxylic acids is 1. The fourth-order valence-electron chi connectivity index (χ4n) is 1.87. The summed E-state index contributed by atoms with van der Waals surface area (Å²) in [6.07, 6.45) is 0.780. The topological polar surface area (TPSA) is 50.4 Å². The lowest BCUT2D eigenvalue weighted by Gasteiger charge is -2.12. The summed E-state index contributed by atoms with van der Waals surface area (Å²) in [6.45, 7) is 7.94. The molecule has 0 saturated heterocycles. The van der Waals surface area contributed by atoms with Crippen molar-refractivity contribution >= 4 is 5.91 Å². The summed E-state index contributed by atoms with van der Waals surface area (Å²) in [5.41, 5.74) is 3.60. The Bertz CT molecular complexity index is 430. The van der Waals surface area contributed by atoms with Gasteiger partial charge in [0.15, 0.2) is 0 Å². The Hall–Kier alpha value is -1.55. The van der Waals surface area contributed by atoms with E-state index in [9.17, 15) is 4.79 Å². The first-order valence-electron chi connectivity index (χ1n) is 6.70. The van der Waals surface area contributed by atoms with Crippen LogP contribution >= 0.6 is 0 Å². The van der Waals surface area contributed by atoms with Crippen LogP contribution in [0.5, 0.6) is 5.75 Å². The summed E-state index contributed by atoms with van der Waals surface area (Å²) in [4.78, 5) is 11.5. The van der Waals surface area contributed by atoms with Gasteiger partial charge in [-0.1, -0.05) is 13.0 Å². The van der Waals surface area contributed by atoms with E-state index in [1.165, 1.54) is 11.1 Å². The molecule has 19 heavy (non-hydrogen) atoms. The lowest BCUT2D eigenvalue weighted by Crippen LogP contribution is -2.34. The number of carbonyl (C=O) groups is 1. The average molecular weight is 264 g/mol. The summed E-state index contributed by atoms with van der Waals surface area (Å²) < 4.78 is 5.38. The number of hydrogen-bond acceptors (Lipinski definition) is 3. The van der Waals surface area contributed by atoms with E-state index in [1.807, 2.05) is 13.0 Å². The van der Waals surface area contributed by atoms with Gasteiger partial charge in [0.1, 0.15) is 5.75 Å². The van der Waals surface area contributed by atoms with Crippen LogP contribution < -0.4 is 15.4 Å². The van der Waals surface area contributed by atoms with E-state index >= 15 is 0 Å². The Morgan fingerprint density at radius 3 is 2.58 bits per heavy atom. The van der Waals surface area contributed by atoms with Crippen molar-refractivity contribution < 1.29 is 9.53 Å². The highest BCUT2D eigenvalue weighted by molar-refractivity contribution is 5.77. The first kappa shape index (κ1) is 15.5. The number of rotatable bonds is 7. The molecule has 0 bridgehead atoms. The zero-order chi connectivity index (χ0) is 14.3. The van der Waals surface area contributed by atoms with E-state index in [4.69, 9.17) is 4.74 Å². The molecule has 0 aliphatic heterocycles. The van der Waals surface area contributed by atoms with Gasteiger partial charge in [-0.25, -0.2) is 0 Å². The number of aryl methyl sites for hydroxylation is 2. The standard InChI is InChI=1S/C15H24N2O2/c1-5-16-10-15(18)17-7-6-13-8-11(2)12(3)9-14(13)19-4/h8-9,16H,5-7,10H2,1-4H3,(H,17,18). The zero-order valence-corrected chi connectivity index (χ0v) is 12.3. The predicted octanol–water partition coefficient (Wildman–Crippen LogP) is 1.58. The molecule has 2 N–H and O–H groups in total. The summed E-state index contributed by atoms with van der Waals surface area (Å²) in [6, 6.07) is 4.18. The van der Waals surface area contributed by atoms with Gasteiger partial charge in [-0.05, 0) is 49.6 Å². The molecule has 0 heterocycles. The largest absolute Gasteiger partial charge is 0.496 e. The van der Waals surface area contributed by atoms with E-state index in [1.54, 1.807) is 7.11 Å². The minimum Gasteiger partial charge on any atom is -0.496 e. The van der Waals surface area contributed by atoms with Gasteiger partial charge in [-0.15, -0.1) is 0 Å². The molecule has 1 aromatic rings. The van der Waals surface area contributed by atoms with Crippen molar-refractivity contribution in [3.63, 3.8) is 0 Å². The van der Waals surface area contributed by atoms with E-state index in [0.717, 1.165) is 24.3 Å². The number of hydrogen-bond donors (Lipinski definition) is 2.